The Morgan fingerprint density at radius 3 is 1.84 bits per heavy atom. The summed E-state index contributed by atoms with van der Waals surface area (Å²) in [6.07, 6.45) is 3.43. The molecule has 0 aromatic heterocycles. The first-order valence-electron chi connectivity index (χ1n) is 7.04. The standard InChI is InChI=1S/C10H18O2.C3H6O2.C2H6/c1-7-4-5-8(2)9(6-7)10(11)12-3;1-3(4)5-2;1-2/h7-9H,4-6H2,1-3H3;1-2H3;1-2H3. The highest BCUT2D eigenvalue weighted by Gasteiger charge is 2.31. The van der Waals surface area contributed by atoms with E-state index in [1.165, 1.54) is 34.0 Å². The predicted molar refractivity (Wildman–Crippen MR) is 76.7 cm³/mol. The third kappa shape index (κ3) is 9.51. The second-order valence-corrected chi connectivity index (χ2v) is 4.72. The highest BCUT2D eigenvalue weighted by Crippen LogP contribution is 2.33. The first-order chi connectivity index (χ1) is 8.92. The van der Waals surface area contributed by atoms with E-state index in [1.807, 2.05) is 13.8 Å². The number of esters is 2. The number of carbonyl (C=O) groups excluding carboxylic acids is 2. The van der Waals surface area contributed by atoms with Crippen molar-refractivity contribution in [2.24, 2.45) is 17.8 Å². The van der Waals surface area contributed by atoms with Crippen LogP contribution in [0, 0.1) is 17.8 Å². The van der Waals surface area contributed by atoms with Crippen LogP contribution in [0.5, 0.6) is 0 Å². The first-order valence-corrected chi connectivity index (χ1v) is 7.04. The lowest BCUT2D eigenvalue weighted by molar-refractivity contribution is -0.149. The van der Waals surface area contributed by atoms with Crippen LogP contribution in [0.15, 0.2) is 0 Å². The van der Waals surface area contributed by atoms with Gasteiger partial charge in [0.15, 0.2) is 0 Å². The number of rotatable bonds is 1. The summed E-state index contributed by atoms with van der Waals surface area (Å²) in [6.45, 7) is 9.72. The van der Waals surface area contributed by atoms with E-state index in [-0.39, 0.29) is 17.9 Å². The number of hydrogen-bond donors (Lipinski definition) is 0. The maximum absolute atomic E-state index is 11.3. The fraction of sp³-hybridized carbons (Fsp3) is 0.867. The Morgan fingerprint density at radius 1 is 1.00 bits per heavy atom. The Morgan fingerprint density at radius 2 is 1.47 bits per heavy atom. The van der Waals surface area contributed by atoms with Gasteiger partial charge in [0.25, 0.3) is 0 Å². The minimum atomic E-state index is -0.245. The first kappa shape index (κ1) is 20.3. The summed E-state index contributed by atoms with van der Waals surface area (Å²) in [7, 11) is 2.83. The molecule has 0 spiro atoms. The van der Waals surface area contributed by atoms with E-state index in [2.05, 4.69) is 18.6 Å². The highest BCUT2D eigenvalue weighted by atomic mass is 16.5. The zero-order valence-corrected chi connectivity index (χ0v) is 13.5. The molecule has 0 aliphatic heterocycles. The molecule has 1 aliphatic carbocycles. The predicted octanol–water partition coefficient (Wildman–Crippen LogP) is 3.44. The van der Waals surface area contributed by atoms with E-state index >= 15 is 0 Å². The Kier molecular flexibility index (Phi) is 12.8. The van der Waals surface area contributed by atoms with Crippen molar-refractivity contribution < 1.29 is 19.1 Å². The van der Waals surface area contributed by atoms with Crippen LogP contribution in [0.1, 0.15) is 53.9 Å². The molecule has 3 atom stereocenters. The van der Waals surface area contributed by atoms with E-state index in [9.17, 15) is 9.59 Å². The molecule has 1 rings (SSSR count). The van der Waals surface area contributed by atoms with Crippen LogP contribution < -0.4 is 0 Å². The van der Waals surface area contributed by atoms with Gasteiger partial charge in [0.2, 0.25) is 0 Å². The molecule has 114 valence electrons. The van der Waals surface area contributed by atoms with Crippen LogP contribution in [-0.4, -0.2) is 26.2 Å². The van der Waals surface area contributed by atoms with E-state index in [4.69, 9.17) is 4.74 Å². The van der Waals surface area contributed by atoms with E-state index in [1.54, 1.807) is 0 Å². The van der Waals surface area contributed by atoms with Crippen molar-refractivity contribution in [1.82, 2.24) is 0 Å². The smallest absolute Gasteiger partial charge is 0.308 e. The number of methoxy groups -OCH3 is 2. The maximum atomic E-state index is 11.3. The van der Waals surface area contributed by atoms with Gasteiger partial charge in [-0.3, -0.25) is 9.59 Å². The molecule has 0 radical (unpaired) electrons. The van der Waals surface area contributed by atoms with Gasteiger partial charge >= 0.3 is 11.9 Å². The lowest BCUT2D eigenvalue weighted by Gasteiger charge is -2.30. The molecule has 19 heavy (non-hydrogen) atoms. The summed E-state index contributed by atoms with van der Waals surface area (Å²) in [5.74, 6) is 1.08. The van der Waals surface area contributed by atoms with Gasteiger partial charge < -0.3 is 9.47 Å². The minimum absolute atomic E-state index is 0.0194. The molecule has 1 fully saturated rings. The van der Waals surface area contributed by atoms with Crippen molar-refractivity contribution in [2.45, 2.75) is 53.9 Å². The summed E-state index contributed by atoms with van der Waals surface area (Å²) in [6, 6.07) is 0. The molecule has 0 aromatic rings. The quantitative estimate of drug-likeness (QED) is 0.687. The van der Waals surface area contributed by atoms with Crippen molar-refractivity contribution in [3.8, 4) is 0 Å². The Labute approximate surface area is 117 Å². The number of carbonyl (C=O) groups is 2. The molecule has 0 saturated heterocycles. The maximum Gasteiger partial charge on any atom is 0.308 e. The highest BCUT2D eigenvalue weighted by molar-refractivity contribution is 5.72. The van der Waals surface area contributed by atoms with E-state index < -0.39 is 0 Å². The van der Waals surface area contributed by atoms with E-state index in [0.29, 0.717) is 11.8 Å². The Bertz CT molecular complexity index is 251. The van der Waals surface area contributed by atoms with Gasteiger partial charge in [-0.15, -0.1) is 0 Å². The van der Waals surface area contributed by atoms with E-state index in [0.717, 1.165) is 6.42 Å². The SMILES string of the molecule is CC.COC(=O)C1CC(C)CCC1C.COC(C)=O. The molecule has 3 unspecified atom stereocenters. The largest absolute Gasteiger partial charge is 0.469 e. The molecule has 1 aliphatic rings. The zero-order chi connectivity index (χ0) is 15.4. The van der Waals surface area contributed by atoms with Gasteiger partial charge in [-0.25, -0.2) is 0 Å². The van der Waals surface area contributed by atoms with Gasteiger partial charge in [0.05, 0.1) is 20.1 Å². The number of ether oxygens (including phenoxy) is 2. The van der Waals surface area contributed by atoms with Crippen LogP contribution in [0.4, 0.5) is 0 Å². The summed E-state index contributed by atoms with van der Waals surface area (Å²) in [5, 5.41) is 0. The lowest BCUT2D eigenvalue weighted by atomic mass is 9.75. The van der Waals surface area contributed by atoms with Crippen molar-refractivity contribution in [3.63, 3.8) is 0 Å². The lowest BCUT2D eigenvalue weighted by Crippen LogP contribution is -2.29. The average molecular weight is 274 g/mol. The molecular formula is C15H30O4. The monoisotopic (exact) mass is 274 g/mol. The second kappa shape index (κ2) is 12.0. The molecule has 0 N–H and O–H groups in total. The molecule has 4 nitrogen and oxygen atoms in total. The minimum Gasteiger partial charge on any atom is -0.469 e. The summed E-state index contributed by atoms with van der Waals surface area (Å²) in [4.78, 5) is 20.9. The summed E-state index contributed by atoms with van der Waals surface area (Å²) >= 11 is 0. The molecule has 4 heteroatoms. The third-order valence-electron chi connectivity index (χ3n) is 3.25. The summed E-state index contributed by atoms with van der Waals surface area (Å²) in [5.41, 5.74) is 0. The van der Waals surface area contributed by atoms with Crippen LogP contribution in [0.2, 0.25) is 0 Å². The third-order valence-corrected chi connectivity index (χ3v) is 3.25. The zero-order valence-electron chi connectivity index (χ0n) is 13.5. The van der Waals surface area contributed by atoms with Crippen molar-refractivity contribution >= 4 is 11.9 Å². The molecule has 0 aromatic carbocycles. The van der Waals surface area contributed by atoms with Gasteiger partial charge in [0.1, 0.15) is 0 Å². The number of hydrogen-bond acceptors (Lipinski definition) is 4. The van der Waals surface area contributed by atoms with Crippen molar-refractivity contribution in [2.75, 3.05) is 14.2 Å². The molecule has 1 saturated carbocycles. The van der Waals surface area contributed by atoms with Crippen molar-refractivity contribution in [3.05, 3.63) is 0 Å². The average Bonchev–Trinajstić information content (AvgIpc) is 2.43. The molecule has 0 heterocycles. The summed E-state index contributed by atoms with van der Waals surface area (Å²) < 4.78 is 8.88. The normalized spacial score (nSPS) is 24.9. The van der Waals surface area contributed by atoms with Crippen molar-refractivity contribution in [1.29, 1.82) is 0 Å². The topological polar surface area (TPSA) is 52.6 Å². The van der Waals surface area contributed by atoms with Crippen LogP contribution in [0.3, 0.4) is 0 Å². The van der Waals surface area contributed by atoms with Crippen LogP contribution in [-0.2, 0) is 19.1 Å². The van der Waals surface area contributed by atoms with Crippen LogP contribution >= 0.6 is 0 Å². The van der Waals surface area contributed by atoms with Gasteiger partial charge in [0, 0.05) is 6.92 Å². The fourth-order valence-corrected chi connectivity index (χ4v) is 2.01. The Hall–Kier alpha value is -1.06. The second-order valence-electron chi connectivity index (χ2n) is 4.72. The Balaban J connectivity index is 0. The fourth-order valence-electron chi connectivity index (χ4n) is 2.01. The molecule has 0 bridgehead atoms. The van der Waals surface area contributed by atoms with Gasteiger partial charge in [-0.2, -0.15) is 0 Å². The molecule has 0 amide bonds. The van der Waals surface area contributed by atoms with Gasteiger partial charge in [-0.05, 0) is 24.7 Å². The van der Waals surface area contributed by atoms with Crippen LogP contribution in [0.25, 0.3) is 0 Å². The molecular weight excluding hydrogens is 244 g/mol. The van der Waals surface area contributed by atoms with Gasteiger partial charge in [-0.1, -0.05) is 34.1 Å².